The van der Waals surface area contributed by atoms with E-state index in [-0.39, 0.29) is 23.5 Å². The fourth-order valence-electron chi connectivity index (χ4n) is 3.84. The van der Waals surface area contributed by atoms with E-state index in [1.807, 2.05) is 4.90 Å². The van der Waals surface area contributed by atoms with Gasteiger partial charge in [-0.05, 0) is 75.4 Å². The van der Waals surface area contributed by atoms with Gasteiger partial charge >= 0.3 is 0 Å². The molecule has 0 spiro atoms. The van der Waals surface area contributed by atoms with E-state index in [0.29, 0.717) is 44.0 Å². The van der Waals surface area contributed by atoms with Crippen LogP contribution < -0.4 is 10.6 Å². The average molecular weight is 359 g/mol. The van der Waals surface area contributed by atoms with Gasteiger partial charge in [0.05, 0.1) is 0 Å². The molecule has 0 saturated carbocycles. The van der Waals surface area contributed by atoms with Crippen LogP contribution in [-0.4, -0.2) is 48.0 Å². The molecule has 0 aliphatic carbocycles. The number of phenolic OH excluding ortho intramolecular Hbond substituents is 1. The van der Waals surface area contributed by atoms with Crippen LogP contribution in [0.2, 0.25) is 0 Å². The molecule has 142 valence electrons. The van der Waals surface area contributed by atoms with E-state index >= 15 is 0 Å². The number of carbonyl (C=O) groups is 2. The molecule has 1 aromatic carbocycles. The summed E-state index contributed by atoms with van der Waals surface area (Å²) in [6, 6.07) is 6.48. The second kappa shape index (κ2) is 9.03. The highest BCUT2D eigenvalue weighted by Gasteiger charge is 2.27. The summed E-state index contributed by atoms with van der Waals surface area (Å²) in [5.74, 6) is 1.03. The zero-order valence-corrected chi connectivity index (χ0v) is 15.2. The first-order valence-electron chi connectivity index (χ1n) is 9.70. The number of hydrogen-bond donors (Lipinski definition) is 3. The number of nitrogens with zero attached hydrogens (tertiary/aromatic N) is 1. The fourth-order valence-corrected chi connectivity index (χ4v) is 3.84. The van der Waals surface area contributed by atoms with E-state index in [4.69, 9.17) is 0 Å². The van der Waals surface area contributed by atoms with Gasteiger partial charge in [-0.15, -0.1) is 0 Å². The van der Waals surface area contributed by atoms with Gasteiger partial charge in [-0.1, -0.05) is 0 Å². The van der Waals surface area contributed by atoms with E-state index in [0.717, 1.165) is 19.5 Å². The molecular formula is C20H29N3O3. The number of phenols is 1. The Kier molecular flexibility index (Phi) is 6.50. The number of rotatable bonds is 5. The third-order valence-electron chi connectivity index (χ3n) is 5.58. The van der Waals surface area contributed by atoms with Gasteiger partial charge in [-0.3, -0.25) is 9.59 Å². The Hall–Kier alpha value is -2.08. The molecule has 2 heterocycles. The number of amides is 2. The molecular weight excluding hydrogens is 330 g/mol. The molecule has 1 aromatic rings. The predicted octanol–water partition coefficient (Wildman–Crippen LogP) is 2.35. The molecule has 3 N–H and O–H groups in total. The van der Waals surface area contributed by atoms with Crippen LogP contribution in [0.15, 0.2) is 24.3 Å². The Bertz CT molecular complexity index is 603. The first kappa shape index (κ1) is 18.7. The lowest BCUT2D eigenvalue weighted by atomic mass is 9.92. The number of nitrogens with one attached hydrogen (secondary N) is 2. The minimum absolute atomic E-state index is 0.00232. The van der Waals surface area contributed by atoms with Crippen LogP contribution in [0.1, 0.15) is 38.5 Å². The fraction of sp³-hybridized carbons (Fsp3) is 0.600. The Labute approximate surface area is 155 Å². The van der Waals surface area contributed by atoms with Gasteiger partial charge in [-0.2, -0.15) is 0 Å². The van der Waals surface area contributed by atoms with Crippen LogP contribution in [0.25, 0.3) is 0 Å². The van der Waals surface area contributed by atoms with Crippen molar-refractivity contribution >= 4 is 17.5 Å². The molecule has 26 heavy (non-hydrogen) atoms. The van der Waals surface area contributed by atoms with Crippen LogP contribution in [-0.2, 0) is 9.59 Å². The van der Waals surface area contributed by atoms with Gasteiger partial charge in [0, 0.05) is 31.1 Å². The second-order valence-electron chi connectivity index (χ2n) is 7.42. The zero-order valence-electron chi connectivity index (χ0n) is 15.2. The van der Waals surface area contributed by atoms with Crippen molar-refractivity contribution in [2.75, 3.05) is 31.5 Å². The number of carbonyl (C=O) groups excluding carboxylic acids is 2. The lowest BCUT2D eigenvalue weighted by molar-refractivity contribution is -0.134. The van der Waals surface area contributed by atoms with Crippen molar-refractivity contribution in [1.82, 2.24) is 10.2 Å². The van der Waals surface area contributed by atoms with E-state index in [9.17, 15) is 14.7 Å². The van der Waals surface area contributed by atoms with Crippen molar-refractivity contribution in [3.05, 3.63) is 24.3 Å². The summed E-state index contributed by atoms with van der Waals surface area (Å²) in [7, 11) is 0. The van der Waals surface area contributed by atoms with Crippen molar-refractivity contribution in [3.63, 3.8) is 0 Å². The van der Waals surface area contributed by atoms with E-state index < -0.39 is 0 Å². The lowest BCUT2D eigenvalue weighted by Gasteiger charge is -2.32. The summed E-state index contributed by atoms with van der Waals surface area (Å²) in [5, 5.41) is 15.5. The highest BCUT2D eigenvalue weighted by atomic mass is 16.3. The van der Waals surface area contributed by atoms with Gasteiger partial charge in [-0.25, -0.2) is 0 Å². The van der Waals surface area contributed by atoms with Gasteiger partial charge in [0.2, 0.25) is 11.8 Å². The molecule has 6 nitrogen and oxygen atoms in total. The van der Waals surface area contributed by atoms with Crippen molar-refractivity contribution in [2.24, 2.45) is 11.8 Å². The van der Waals surface area contributed by atoms with Crippen LogP contribution >= 0.6 is 0 Å². The molecule has 2 saturated heterocycles. The molecule has 0 unspecified atom stereocenters. The minimum Gasteiger partial charge on any atom is -0.508 e. The molecule has 0 radical (unpaired) electrons. The highest BCUT2D eigenvalue weighted by molar-refractivity contribution is 5.92. The smallest absolute Gasteiger partial charge is 0.227 e. The quantitative estimate of drug-likeness (QED) is 0.705. The van der Waals surface area contributed by atoms with Crippen LogP contribution in [0, 0.1) is 11.8 Å². The largest absolute Gasteiger partial charge is 0.508 e. The third-order valence-corrected chi connectivity index (χ3v) is 5.58. The van der Waals surface area contributed by atoms with Gasteiger partial charge in [0.15, 0.2) is 0 Å². The number of benzene rings is 1. The van der Waals surface area contributed by atoms with Crippen LogP contribution in [0.3, 0.4) is 0 Å². The maximum Gasteiger partial charge on any atom is 0.227 e. The number of anilines is 1. The third kappa shape index (κ3) is 5.21. The standard InChI is InChI=1S/C20H29N3O3/c24-18-4-2-17(3-5-18)22-20(26)16-9-13-23(14-10-16)19(25)6-1-15-7-11-21-12-8-15/h2-5,15-16,21,24H,1,6-14H2,(H,22,26). The first-order valence-corrected chi connectivity index (χ1v) is 9.70. The van der Waals surface area contributed by atoms with Crippen molar-refractivity contribution in [1.29, 1.82) is 0 Å². The Morgan fingerprint density at radius 1 is 1.08 bits per heavy atom. The normalized spacial score (nSPS) is 19.3. The molecule has 6 heteroatoms. The monoisotopic (exact) mass is 359 g/mol. The number of likely N-dealkylation sites (tertiary alicyclic amines) is 1. The van der Waals surface area contributed by atoms with Crippen LogP contribution in [0.5, 0.6) is 5.75 Å². The van der Waals surface area contributed by atoms with E-state index in [2.05, 4.69) is 10.6 Å². The molecule has 2 amide bonds. The SMILES string of the molecule is O=C(Nc1ccc(O)cc1)C1CCN(C(=O)CCC2CCNCC2)CC1. The van der Waals surface area contributed by atoms with Gasteiger partial charge < -0.3 is 20.6 Å². The number of piperidine rings is 2. The summed E-state index contributed by atoms with van der Waals surface area (Å²) < 4.78 is 0. The Balaban J connectivity index is 1.39. The van der Waals surface area contributed by atoms with Gasteiger partial charge in [0.25, 0.3) is 0 Å². The summed E-state index contributed by atoms with van der Waals surface area (Å²) in [6.07, 6.45) is 5.39. The first-order chi connectivity index (χ1) is 12.6. The number of hydrogen-bond acceptors (Lipinski definition) is 4. The predicted molar refractivity (Wildman–Crippen MR) is 101 cm³/mol. The average Bonchev–Trinajstić information content (AvgIpc) is 2.69. The maximum absolute atomic E-state index is 12.4. The molecule has 0 aromatic heterocycles. The second-order valence-corrected chi connectivity index (χ2v) is 7.42. The lowest BCUT2D eigenvalue weighted by Crippen LogP contribution is -2.41. The molecule has 3 rings (SSSR count). The van der Waals surface area contributed by atoms with Gasteiger partial charge in [0.1, 0.15) is 5.75 Å². The maximum atomic E-state index is 12.4. The number of aromatic hydroxyl groups is 1. The highest BCUT2D eigenvalue weighted by Crippen LogP contribution is 2.23. The molecule has 0 bridgehead atoms. The topological polar surface area (TPSA) is 81.7 Å². The summed E-state index contributed by atoms with van der Waals surface area (Å²) in [5.41, 5.74) is 0.688. The Morgan fingerprint density at radius 3 is 2.38 bits per heavy atom. The van der Waals surface area contributed by atoms with Crippen molar-refractivity contribution < 1.29 is 14.7 Å². The van der Waals surface area contributed by atoms with Crippen LogP contribution in [0.4, 0.5) is 5.69 Å². The molecule has 0 atom stereocenters. The minimum atomic E-state index is -0.0581. The summed E-state index contributed by atoms with van der Waals surface area (Å²) >= 11 is 0. The zero-order chi connectivity index (χ0) is 18.4. The molecule has 2 fully saturated rings. The van der Waals surface area contributed by atoms with E-state index in [1.54, 1.807) is 24.3 Å². The summed E-state index contributed by atoms with van der Waals surface area (Å²) in [4.78, 5) is 26.7. The van der Waals surface area contributed by atoms with Crippen molar-refractivity contribution in [3.8, 4) is 5.75 Å². The molecule has 2 aliphatic heterocycles. The van der Waals surface area contributed by atoms with Crippen molar-refractivity contribution in [2.45, 2.75) is 38.5 Å². The Morgan fingerprint density at radius 2 is 1.73 bits per heavy atom. The van der Waals surface area contributed by atoms with E-state index in [1.165, 1.54) is 12.8 Å². The molecule has 2 aliphatic rings. The summed E-state index contributed by atoms with van der Waals surface area (Å²) in [6.45, 7) is 3.47.